The van der Waals surface area contributed by atoms with E-state index in [-0.39, 0.29) is 23.8 Å². The van der Waals surface area contributed by atoms with E-state index >= 15 is 0 Å². The van der Waals surface area contributed by atoms with Gasteiger partial charge in [-0.2, -0.15) is 11.3 Å². The molecule has 0 aliphatic carbocycles. The lowest BCUT2D eigenvalue weighted by Gasteiger charge is -2.36. The molecule has 1 aliphatic rings. The number of primary amides is 1. The molecular weight excluding hydrogens is 260 g/mol. The molecule has 2 atom stereocenters. The van der Waals surface area contributed by atoms with E-state index in [0.29, 0.717) is 6.54 Å². The maximum atomic E-state index is 12.2. The normalized spacial score (nSPS) is 23.7. The standard InChI is InChI=1S/C14H18N2O2S/c1-10-2-4-12(14(15)18)8-16(10)13(17)5-3-11-6-7-19-9-11/h3,5-7,9-10,12H,2,4,8H2,1H3,(H2,15,18)/b5-3+/t10-,12+/m1/s1. The monoisotopic (exact) mass is 278 g/mol. The molecule has 2 rings (SSSR count). The van der Waals surface area contributed by atoms with Crippen LogP contribution in [-0.2, 0) is 9.59 Å². The van der Waals surface area contributed by atoms with Gasteiger partial charge in [0.1, 0.15) is 0 Å². The van der Waals surface area contributed by atoms with Gasteiger partial charge in [-0.3, -0.25) is 9.59 Å². The van der Waals surface area contributed by atoms with Gasteiger partial charge in [0.05, 0.1) is 5.92 Å². The van der Waals surface area contributed by atoms with Gasteiger partial charge < -0.3 is 10.6 Å². The van der Waals surface area contributed by atoms with Crippen molar-refractivity contribution in [3.05, 3.63) is 28.5 Å². The molecule has 1 aliphatic heterocycles. The zero-order valence-electron chi connectivity index (χ0n) is 10.9. The second-order valence-electron chi connectivity index (χ2n) is 4.91. The molecule has 0 radical (unpaired) electrons. The van der Waals surface area contributed by atoms with Crippen LogP contribution in [-0.4, -0.2) is 29.3 Å². The van der Waals surface area contributed by atoms with Crippen LogP contribution in [0.15, 0.2) is 22.9 Å². The molecule has 5 heteroatoms. The molecule has 0 unspecified atom stereocenters. The molecule has 0 saturated carbocycles. The predicted molar refractivity (Wildman–Crippen MR) is 76.4 cm³/mol. The largest absolute Gasteiger partial charge is 0.369 e. The summed E-state index contributed by atoms with van der Waals surface area (Å²) in [6, 6.07) is 2.12. The van der Waals surface area contributed by atoms with Gasteiger partial charge in [-0.1, -0.05) is 0 Å². The summed E-state index contributed by atoms with van der Waals surface area (Å²) in [4.78, 5) is 25.1. The first-order chi connectivity index (χ1) is 9.08. The van der Waals surface area contributed by atoms with Crippen molar-refractivity contribution < 1.29 is 9.59 Å². The fourth-order valence-corrected chi connectivity index (χ4v) is 2.91. The highest BCUT2D eigenvalue weighted by atomic mass is 32.1. The number of nitrogens with zero attached hydrogens (tertiary/aromatic N) is 1. The number of piperidine rings is 1. The number of likely N-dealkylation sites (tertiary alicyclic amines) is 1. The Hall–Kier alpha value is -1.62. The number of rotatable bonds is 3. The molecule has 1 aromatic heterocycles. The minimum Gasteiger partial charge on any atom is -0.369 e. The summed E-state index contributed by atoms with van der Waals surface area (Å²) >= 11 is 1.59. The van der Waals surface area contributed by atoms with Crippen molar-refractivity contribution in [2.45, 2.75) is 25.8 Å². The second-order valence-corrected chi connectivity index (χ2v) is 5.69. The van der Waals surface area contributed by atoms with Gasteiger partial charge in [-0.05, 0) is 48.2 Å². The Kier molecular flexibility index (Phi) is 4.37. The number of thiophene rings is 1. The van der Waals surface area contributed by atoms with E-state index in [1.54, 1.807) is 28.4 Å². The Balaban J connectivity index is 2.02. The van der Waals surface area contributed by atoms with Crippen LogP contribution in [0.5, 0.6) is 0 Å². The fraction of sp³-hybridized carbons (Fsp3) is 0.429. The quantitative estimate of drug-likeness (QED) is 0.858. The van der Waals surface area contributed by atoms with Crippen LogP contribution in [0, 0.1) is 5.92 Å². The Morgan fingerprint density at radius 3 is 2.89 bits per heavy atom. The van der Waals surface area contributed by atoms with Crippen molar-refractivity contribution in [1.82, 2.24) is 4.90 Å². The molecule has 0 aromatic carbocycles. The molecule has 2 amide bonds. The first-order valence-corrected chi connectivity index (χ1v) is 7.32. The topological polar surface area (TPSA) is 63.4 Å². The van der Waals surface area contributed by atoms with E-state index < -0.39 is 0 Å². The van der Waals surface area contributed by atoms with Crippen LogP contribution in [0.25, 0.3) is 6.08 Å². The van der Waals surface area contributed by atoms with Crippen molar-refractivity contribution in [1.29, 1.82) is 0 Å². The smallest absolute Gasteiger partial charge is 0.246 e. The molecule has 19 heavy (non-hydrogen) atoms. The first kappa shape index (κ1) is 13.8. The lowest BCUT2D eigenvalue weighted by atomic mass is 9.93. The van der Waals surface area contributed by atoms with Crippen molar-refractivity contribution in [3.8, 4) is 0 Å². The van der Waals surface area contributed by atoms with E-state index in [1.165, 1.54) is 0 Å². The maximum Gasteiger partial charge on any atom is 0.246 e. The van der Waals surface area contributed by atoms with Crippen molar-refractivity contribution in [3.63, 3.8) is 0 Å². The number of carbonyl (C=O) groups excluding carboxylic acids is 2. The minimum atomic E-state index is -0.313. The Morgan fingerprint density at radius 1 is 1.47 bits per heavy atom. The van der Waals surface area contributed by atoms with Crippen LogP contribution < -0.4 is 5.73 Å². The number of amides is 2. The summed E-state index contributed by atoms with van der Waals surface area (Å²) in [6.07, 6.45) is 4.97. The van der Waals surface area contributed by atoms with Crippen LogP contribution in [0.4, 0.5) is 0 Å². The van der Waals surface area contributed by atoms with Crippen LogP contribution >= 0.6 is 11.3 Å². The predicted octanol–water partition coefficient (Wildman–Crippen LogP) is 1.87. The third-order valence-electron chi connectivity index (χ3n) is 3.53. The highest BCUT2D eigenvalue weighted by molar-refractivity contribution is 7.08. The summed E-state index contributed by atoms with van der Waals surface area (Å²) in [5.41, 5.74) is 6.36. The summed E-state index contributed by atoms with van der Waals surface area (Å²) in [5.74, 6) is -0.578. The zero-order chi connectivity index (χ0) is 13.8. The Bertz CT molecular complexity index is 482. The number of hydrogen-bond donors (Lipinski definition) is 1. The molecule has 1 aromatic rings. The fourth-order valence-electron chi connectivity index (χ4n) is 2.28. The van der Waals surface area contributed by atoms with E-state index in [9.17, 15) is 9.59 Å². The van der Waals surface area contributed by atoms with Crippen LogP contribution in [0.2, 0.25) is 0 Å². The highest BCUT2D eigenvalue weighted by Crippen LogP contribution is 2.22. The average Bonchev–Trinajstić information content (AvgIpc) is 2.89. The first-order valence-electron chi connectivity index (χ1n) is 6.38. The van der Waals surface area contributed by atoms with Gasteiger partial charge in [-0.15, -0.1) is 0 Å². The van der Waals surface area contributed by atoms with Crippen molar-refractivity contribution in [2.24, 2.45) is 11.7 Å². The summed E-state index contributed by atoms with van der Waals surface area (Å²) in [6.45, 7) is 2.44. The van der Waals surface area contributed by atoms with Gasteiger partial charge in [-0.25, -0.2) is 0 Å². The van der Waals surface area contributed by atoms with Gasteiger partial charge in [0.25, 0.3) is 0 Å². The molecular formula is C14H18N2O2S. The maximum absolute atomic E-state index is 12.2. The molecule has 0 spiro atoms. The third-order valence-corrected chi connectivity index (χ3v) is 4.23. The van der Waals surface area contributed by atoms with E-state index in [0.717, 1.165) is 18.4 Å². The average molecular weight is 278 g/mol. The molecule has 4 nitrogen and oxygen atoms in total. The molecule has 0 bridgehead atoms. The lowest BCUT2D eigenvalue weighted by Crippen LogP contribution is -2.48. The summed E-state index contributed by atoms with van der Waals surface area (Å²) in [5, 5.41) is 3.95. The third kappa shape index (κ3) is 3.44. The number of nitrogens with two attached hydrogens (primary N) is 1. The summed E-state index contributed by atoms with van der Waals surface area (Å²) in [7, 11) is 0. The van der Waals surface area contributed by atoms with Gasteiger partial charge >= 0.3 is 0 Å². The van der Waals surface area contributed by atoms with Crippen LogP contribution in [0.1, 0.15) is 25.3 Å². The molecule has 1 fully saturated rings. The van der Waals surface area contributed by atoms with E-state index in [1.807, 2.05) is 23.8 Å². The molecule has 2 heterocycles. The number of carbonyl (C=O) groups is 2. The lowest BCUT2D eigenvalue weighted by molar-refractivity contribution is -0.133. The van der Waals surface area contributed by atoms with E-state index in [4.69, 9.17) is 5.73 Å². The molecule has 1 saturated heterocycles. The van der Waals surface area contributed by atoms with Gasteiger partial charge in [0.2, 0.25) is 11.8 Å². The zero-order valence-corrected chi connectivity index (χ0v) is 11.7. The van der Waals surface area contributed by atoms with Crippen LogP contribution in [0.3, 0.4) is 0 Å². The highest BCUT2D eigenvalue weighted by Gasteiger charge is 2.30. The van der Waals surface area contributed by atoms with Crippen molar-refractivity contribution >= 4 is 29.2 Å². The second kappa shape index (κ2) is 6.02. The molecule has 2 N–H and O–H groups in total. The SMILES string of the molecule is C[C@@H]1CC[C@H](C(N)=O)CN1C(=O)/C=C/c1ccsc1. The van der Waals surface area contributed by atoms with Gasteiger partial charge in [0.15, 0.2) is 0 Å². The van der Waals surface area contributed by atoms with Crippen molar-refractivity contribution in [2.75, 3.05) is 6.54 Å². The Labute approximate surface area is 116 Å². The molecule has 102 valence electrons. The van der Waals surface area contributed by atoms with E-state index in [2.05, 4.69) is 0 Å². The number of hydrogen-bond acceptors (Lipinski definition) is 3. The van der Waals surface area contributed by atoms with Gasteiger partial charge in [0, 0.05) is 18.7 Å². The summed E-state index contributed by atoms with van der Waals surface area (Å²) < 4.78 is 0. The minimum absolute atomic E-state index is 0.0512. The Morgan fingerprint density at radius 2 is 2.26 bits per heavy atom.